The molecule has 0 aliphatic carbocycles. The van der Waals surface area contributed by atoms with E-state index in [1.54, 1.807) is 0 Å². The van der Waals surface area contributed by atoms with Gasteiger partial charge >= 0.3 is 0 Å². The van der Waals surface area contributed by atoms with Crippen LogP contribution in [0.15, 0.2) is 48.5 Å². The quantitative estimate of drug-likeness (QED) is 0.871. The summed E-state index contributed by atoms with van der Waals surface area (Å²) in [6.45, 7) is 6.54. The number of anilines is 1. The SMILES string of the molecule is CCN1C(=O)c2ccccc2C1Nc1ccc(C(=O)N2CCC(C)CC2)cc1. The molecule has 1 atom stereocenters. The summed E-state index contributed by atoms with van der Waals surface area (Å²) in [5, 5.41) is 3.46. The van der Waals surface area contributed by atoms with E-state index < -0.39 is 0 Å². The monoisotopic (exact) mass is 377 g/mol. The van der Waals surface area contributed by atoms with Crippen LogP contribution in [0.3, 0.4) is 0 Å². The first-order valence-corrected chi connectivity index (χ1v) is 10.1. The fraction of sp³-hybridized carbons (Fsp3) is 0.391. The molecule has 4 rings (SSSR count). The van der Waals surface area contributed by atoms with E-state index in [0.29, 0.717) is 12.5 Å². The number of nitrogens with one attached hydrogen (secondary N) is 1. The van der Waals surface area contributed by atoms with E-state index in [2.05, 4.69) is 12.2 Å². The maximum atomic E-state index is 12.7. The van der Waals surface area contributed by atoms with Crippen molar-refractivity contribution in [3.8, 4) is 0 Å². The highest BCUT2D eigenvalue weighted by atomic mass is 16.2. The van der Waals surface area contributed by atoms with Gasteiger partial charge in [0.25, 0.3) is 11.8 Å². The summed E-state index contributed by atoms with van der Waals surface area (Å²) in [6, 6.07) is 15.3. The van der Waals surface area contributed by atoms with Crippen LogP contribution in [0.2, 0.25) is 0 Å². The Bertz CT molecular complexity index is 870. The molecular formula is C23H27N3O2. The van der Waals surface area contributed by atoms with Gasteiger partial charge in [-0.3, -0.25) is 9.59 Å². The number of fused-ring (bicyclic) bond motifs is 1. The van der Waals surface area contributed by atoms with Gasteiger partial charge in [-0.2, -0.15) is 0 Å². The van der Waals surface area contributed by atoms with Crippen LogP contribution < -0.4 is 5.32 Å². The van der Waals surface area contributed by atoms with Crippen molar-refractivity contribution in [3.05, 3.63) is 65.2 Å². The number of hydrogen-bond donors (Lipinski definition) is 1. The maximum absolute atomic E-state index is 12.7. The van der Waals surface area contributed by atoms with Crippen molar-refractivity contribution in [2.24, 2.45) is 5.92 Å². The molecule has 1 fully saturated rings. The molecular weight excluding hydrogens is 350 g/mol. The van der Waals surface area contributed by atoms with Gasteiger partial charge in [-0.25, -0.2) is 0 Å². The Hall–Kier alpha value is -2.82. The predicted molar refractivity (Wildman–Crippen MR) is 110 cm³/mol. The minimum atomic E-state index is -0.182. The van der Waals surface area contributed by atoms with Gasteiger partial charge in [0.1, 0.15) is 6.17 Å². The number of carbonyl (C=O) groups is 2. The van der Waals surface area contributed by atoms with Crippen LogP contribution in [0, 0.1) is 5.92 Å². The lowest BCUT2D eigenvalue weighted by Crippen LogP contribution is -2.37. The molecule has 0 radical (unpaired) electrons. The normalized spacial score (nSPS) is 19.6. The molecule has 5 nitrogen and oxygen atoms in total. The molecule has 2 heterocycles. The molecule has 0 aromatic heterocycles. The van der Waals surface area contributed by atoms with Crippen molar-refractivity contribution in [3.63, 3.8) is 0 Å². The first kappa shape index (κ1) is 18.5. The second-order valence-corrected chi connectivity index (χ2v) is 7.78. The molecule has 2 aliphatic rings. The van der Waals surface area contributed by atoms with Crippen molar-refractivity contribution in [2.45, 2.75) is 32.9 Å². The lowest BCUT2D eigenvalue weighted by Gasteiger charge is -2.30. The molecule has 0 saturated carbocycles. The summed E-state index contributed by atoms with van der Waals surface area (Å²) >= 11 is 0. The van der Waals surface area contributed by atoms with Gasteiger partial charge in [-0.1, -0.05) is 25.1 Å². The third-order valence-corrected chi connectivity index (χ3v) is 5.91. The van der Waals surface area contributed by atoms with Gasteiger partial charge < -0.3 is 15.1 Å². The molecule has 2 aliphatic heterocycles. The topological polar surface area (TPSA) is 52.7 Å². The number of rotatable bonds is 4. The molecule has 0 bridgehead atoms. The second-order valence-electron chi connectivity index (χ2n) is 7.78. The Morgan fingerprint density at radius 1 is 1.07 bits per heavy atom. The van der Waals surface area contributed by atoms with Gasteiger partial charge in [0.15, 0.2) is 0 Å². The fourth-order valence-electron chi connectivity index (χ4n) is 4.11. The summed E-state index contributed by atoms with van der Waals surface area (Å²) in [5.41, 5.74) is 3.37. The first-order chi connectivity index (χ1) is 13.6. The van der Waals surface area contributed by atoms with Crippen LogP contribution >= 0.6 is 0 Å². The van der Waals surface area contributed by atoms with Crippen LogP contribution in [-0.2, 0) is 0 Å². The summed E-state index contributed by atoms with van der Waals surface area (Å²) in [6.07, 6.45) is 1.97. The number of benzene rings is 2. The van der Waals surface area contributed by atoms with E-state index in [-0.39, 0.29) is 18.0 Å². The first-order valence-electron chi connectivity index (χ1n) is 10.1. The Kier molecular flexibility index (Phi) is 5.07. The Morgan fingerprint density at radius 3 is 2.43 bits per heavy atom. The summed E-state index contributed by atoms with van der Waals surface area (Å²) in [4.78, 5) is 29.1. The highest BCUT2D eigenvalue weighted by Crippen LogP contribution is 2.34. The standard InChI is InChI=1S/C23H27N3O2/c1-3-26-21(19-6-4-5-7-20(19)23(26)28)24-18-10-8-17(9-11-18)22(27)25-14-12-16(2)13-15-25/h4-11,16,21,24H,3,12-15H2,1-2H3. The van der Waals surface area contributed by atoms with E-state index in [1.165, 1.54) is 0 Å². The molecule has 5 heteroatoms. The van der Waals surface area contributed by atoms with E-state index in [4.69, 9.17) is 0 Å². The molecule has 2 aromatic carbocycles. The van der Waals surface area contributed by atoms with E-state index >= 15 is 0 Å². The molecule has 1 saturated heterocycles. The highest BCUT2D eigenvalue weighted by Gasteiger charge is 2.35. The predicted octanol–water partition coefficient (Wildman–Crippen LogP) is 4.15. The van der Waals surface area contributed by atoms with Crippen LogP contribution in [0.25, 0.3) is 0 Å². The minimum absolute atomic E-state index is 0.0572. The van der Waals surface area contributed by atoms with Crippen LogP contribution in [0.5, 0.6) is 0 Å². The summed E-state index contributed by atoms with van der Waals surface area (Å²) in [7, 11) is 0. The number of amides is 2. The lowest BCUT2D eigenvalue weighted by atomic mass is 9.98. The van der Waals surface area contributed by atoms with Gasteiger partial charge in [-0.05, 0) is 56.0 Å². The molecule has 0 spiro atoms. The Morgan fingerprint density at radius 2 is 1.75 bits per heavy atom. The Balaban J connectivity index is 1.49. The smallest absolute Gasteiger partial charge is 0.256 e. The molecule has 2 aromatic rings. The molecule has 1 N–H and O–H groups in total. The van der Waals surface area contributed by atoms with Crippen LogP contribution in [-0.4, -0.2) is 41.2 Å². The molecule has 1 unspecified atom stereocenters. The summed E-state index contributed by atoms with van der Waals surface area (Å²) in [5.74, 6) is 0.867. The number of piperidine rings is 1. The third kappa shape index (κ3) is 3.37. The highest BCUT2D eigenvalue weighted by molar-refractivity contribution is 5.99. The van der Waals surface area contributed by atoms with Gasteiger partial charge in [0, 0.05) is 42.0 Å². The average molecular weight is 377 g/mol. The van der Waals surface area contributed by atoms with Crippen molar-refractivity contribution < 1.29 is 9.59 Å². The van der Waals surface area contributed by atoms with E-state index in [1.807, 2.05) is 65.3 Å². The van der Waals surface area contributed by atoms with Gasteiger partial charge in [0.2, 0.25) is 0 Å². The average Bonchev–Trinajstić information content (AvgIpc) is 3.00. The minimum Gasteiger partial charge on any atom is -0.361 e. The zero-order valence-electron chi connectivity index (χ0n) is 16.5. The maximum Gasteiger partial charge on any atom is 0.256 e. The van der Waals surface area contributed by atoms with Crippen molar-refractivity contribution in [1.82, 2.24) is 9.80 Å². The lowest BCUT2D eigenvalue weighted by molar-refractivity contribution is 0.0696. The fourth-order valence-corrected chi connectivity index (χ4v) is 4.11. The van der Waals surface area contributed by atoms with Gasteiger partial charge in [-0.15, -0.1) is 0 Å². The van der Waals surface area contributed by atoms with Crippen LogP contribution in [0.1, 0.15) is 59.1 Å². The van der Waals surface area contributed by atoms with E-state index in [9.17, 15) is 9.59 Å². The van der Waals surface area contributed by atoms with E-state index in [0.717, 1.165) is 48.3 Å². The van der Waals surface area contributed by atoms with Crippen LogP contribution in [0.4, 0.5) is 5.69 Å². The number of likely N-dealkylation sites (tertiary alicyclic amines) is 1. The number of carbonyl (C=O) groups excluding carboxylic acids is 2. The van der Waals surface area contributed by atoms with Crippen molar-refractivity contribution in [2.75, 3.05) is 25.0 Å². The number of nitrogens with zero attached hydrogens (tertiary/aromatic N) is 2. The third-order valence-electron chi connectivity index (χ3n) is 5.91. The second kappa shape index (κ2) is 7.66. The molecule has 2 amide bonds. The zero-order valence-corrected chi connectivity index (χ0v) is 16.5. The van der Waals surface area contributed by atoms with Crippen molar-refractivity contribution in [1.29, 1.82) is 0 Å². The van der Waals surface area contributed by atoms with Crippen molar-refractivity contribution >= 4 is 17.5 Å². The zero-order chi connectivity index (χ0) is 19.7. The van der Waals surface area contributed by atoms with Gasteiger partial charge in [0.05, 0.1) is 0 Å². The number of hydrogen-bond acceptors (Lipinski definition) is 3. The molecule has 28 heavy (non-hydrogen) atoms. The summed E-state index contributed by atoms with van der Waals surface area (Å²) < 4.78 is 0. The largest absolute Gasteiger partial charge is 0.361 e. The Labute approximate surface area is 166 Å². The molecule has 146 valence electrons.